The average molecular weight is 1060 g/mol. The molecule has 6 amide bonds. The highest BCUT2D eigenvalue weighted by atomic mass is 16.6. The van der Waals surface area contributed by atoms with E-state index >= 15 is 0 Å². The van der Waals surface area contributed by atoms with Gasteiger partial charge in [-0.25, -0.2) is 48.2 Å². The summed E-state index contributed by atoms with van der Waals surface area (Å²) >= 11 is 0. The number of nitrogens with one attached hydrogen (secondary N) is 4. The number of rotatable bonds is 8. The minimum absolute atomic E-state index is 0.0275. The summed E-state index contributed by atoms with van der Waals surface area (Å²) < 4.78 is 43.2. The Morgan fingerprint density at radius 1 is 0.392 bits per heavy atom. The third kappa shape index (κ3) is 27.8. The van der Waals surface area contributed by atoms with Gasteiger partial charge < -0.3 is 48.5 Å². The smallest absolute Gasteiger partial charge is 0.417 e. The second kappa shape index (κ2) is 25.0. The van der Waals surface area contributed by atoms with Crippen LogP contribution in [0.5, 0.6) is 0 Å². The van der Waals surface area contributed by atoms with Gasteiger partial charge in [0.25, 0.3) is 0 Å². The first kappa shape index (κ1) is 65.9. The molecule has 4 N–H and O–H groups in total. The summed E-state index contributed by atoms with van der Waals surface area (Å²) in [6.45, 7) is 40.8. The lowest BCUT2D eigenvalue weighted by Crippen LogP contribution is -2.54. The van der Waals surface area contributed by atoms with Crippen molar-refractivity contribution in [3.05, 3.63) is 0 Å². The summed E-state index contributed by atoms with van der Waals surface area (Å²) in [5.41, 5.74) is -6.51. The van der Waals surface area contributed by atoms with E-state index in [1.165, 1.54) is 0 Å². The fourth-order valence-corrected chi connectivity index (χ4v) is 6.11. The highest BCUT2D eigenvalue weighted by molar-refractivity contribution is 6.03. The third-order valence-corrected chi connectivity index (χ3v) is 8.28. The van der Waals surface area contributed by atoms with Crippen molar-refractivity contribution in [3.63, 3.8) is 0 Å². The van der Waals surface area contributed by atoms with Crippen molar-refractivity contribution >= 4 is 60.4 Å². The van der Waals surface area contributed by atoms with Crippen molar-refractivity contribution in [2.75, 3.05) is 13.1 Å². The number of nitrogens with zero attached hydrogens (tertiary/aromatic N) is 4. The van der Waals surface area contributed by atoms with E-state index in [0.29, 0.717) is 0 Å². The minimum atomic E-state index is -1.18. The van der Waals surface area contributed by atoms with Gasteiger partial charge in [0.15, 0.2) is 0 Å². The molecule has 0 fully saturated rings. The van der Waals surface area contributed by atoms with Crippen molar-refractivity contribution in [1.29, 1.82) is 0 Å². The lowest BCUT2D eigenvalue weighted by atomic mass is 10.1. The highest BCUT2D eigenvalue weighted by Gasteiger charge is 2.43. The molecule has 2 heterocycles. The zero-order valence-corrected chi connectivity index (χ0v) is 48.5. The van der Waals surface area contributed by atoms with Gasteiger partial charge in [0.1, 0.15) is 56.9 Å². The van der Waals surface area contributed by atoms with Crippen LogP contribution in [0.15, 0.2) is 9.98 Å². The number of alkyl carbamates (subject to hydrolysis) is 4. The molecule has 2 rings (SSSR count). The van der Waals surface area contributed by atoms with Gasteiger partial charge in [0.05, 0.1) is 25.2 Å². The van der Waals surface area contributed by atoms with Crippen LogP contribution in [0, 0.1) is 0 Å². The van der Waals surface area contributed by atoms with Crippen LogP contribution in [0.2, 0.25) is 0 Å². The normalized spacial score (nSPS) is 17.4. The number of carbonyl (C=O) groups excluding carboxylic acids is 8. The fourth-order valence-electron chi connectivity index (χ4n) is 6.11. The van der Waals surface area contributed by atoms with Gasteiger partial charge in [-0.15, -0.1) is 0 Å². The maximum absolute atomic E-state index is 13.1. The molecule has 2 unspecified atom stereocenters. The Morgan fingerprint density at radius 3 is 0.851 bits per heavy atom. The van der Waals surface area contributed by atoms with Crippen LogP contribution < -0.4 is 21.3 Å². The van der Waals surface area contributed by atoms with E-state index < -0.39 is 117 Å². The fraction of sp³-hybridized carbons (Fsp3) is 0.800. The van der Waals surface area contributed by atoms with Gasteiger partial charge in [0.2, 0.25) is 11.9 Å². The molecule has 2 aliphatic heterocycles. The molecule has 424 valence electrons. The molecule has 2 aliphatic rings. The van der Waals surface area contributed by atoms with Crippen molar-refractivity contribution < 1.29 is 76.3 Å². The predicted molar refractivity (Wildman–Crippen MR) is 274 cm³/mol. The summed E-state index contributed by atoms with van der Waals surface area (Å²) in [7, 11) is 0. The number of guanidine groups is 2. The van der Waals surface area contributed by atoms with Gasteiger partial charge in [0, 0.05) is 12.8 Å². The Morgan fingerprint density at radius 2 is 0.622 bits per heavy atom. The second-order valence-corrected chi connectivity index (χ2v) is 25.5. The number of hydrogen-bond donors (Lipinski definition) is 4. The molecule has 0 spiro atoms. The van der Waals surface area contributed by atoms with Crippen LogP contribution in [0.3, 0.4) is 0 Å². The molecule has 24 heteroatoms. The first-order chi connectivity index (χ1) is 32.9. The summed E-state index contributed by atoms with van der Waals surface area (Å²) in [4.78, 5) is 113. The standard InChI is InChI=1S/2C25H44N4O8/c2*1-22(2,3)34-17(30)16(27-19(31)35-23(4,5)6)13-15-14-26-18(28-20(32)36-24(7,8)9)29(15)21(33)37-25(10,11)12/h2*15-16H,13-14H2,1-12H3,(H,27,31)(H,26,28,32)/t2*15?,16-/m00/s1. The van der Waals surface area contributed by atoms with Gasteiger partial charge >= 0.3 is 48.5 Å². The molecule has 0 bridgehead atoms. The highest BCUT2D eigenvalue weighted by Crippen LogP contribution is 2.24. The number of amides is 6. The van der Waals surface area contributed by atoms with E-state index in [1.54, 1.807) is 166 Å². The molecule has 0 aliphatic carbocycles. The monoisotopic (exact) mass is 1060 g/mol. The summed E-state index contributed by atoms with van der Waals surface area (Å²) in [5, 5.41) is 10.0. The number of carbonyl (C=O) groups is 8. The summed E-state index contributed by atoms with van der Waals surface area (Å²) in [6, 6.07) is -3.88. The Labute approximate surface area is 437 Å². The molecule has 0 radical (unpaired) electrons. The molecule has 0 aromatic heterocycles. The molecule has 0 saturated heterocycles. The number of ether oxygens (including phenoxy) is 8. The van der Waals surface area contributed by atoms with E-state index in [9.17, 15) is 38.4 Å². The van der Waals surface area contributed by atoms with E-state index in [0.717, 1.165) is 9.80 Å². The van der Waals surface area contributed by atoms with Crippen molar-refractivity contribution in [1.82, 2.24) is 31.1 Å². The Bertz CT molecular complexity index is 1920. The van der Waals surface area contributed by atoms with Crippen LogP contribution in [-0.4, -0.2) is 152 Å². The van der Waals surface area contributed by atoms with Crippen molar-refractivity contribution in [2.45, 2.75) is 248 Å². The van der Waals surface area contributed by atoms with E-state index in [-0.39, 0.29) is 37.9 Å². The molecular formula is C50H88N8O16. The number of esters is 2. The quantitative estimate of drug-likeness (QED) is 0.131. The maximum atomic E-state index is 13.1. The molecular weight excluding hydrogens is 969 g/mol. The van der Waals surface area contributed by atoms with Crippen LogP contribution in [0.4, 0.5) is 28.8 Å². The van der Waals surface area contributed by atoms with Crippen LogP contribution >= 0.6 is 0 Å². The molecule has 0 saturated carbocycles. The third-order valence-electron chi connectivity index (χ3n) is 8.28. The lowest BCUT2D eigenvalue weighted by Gasteiger charge is -2.32. The van der Waals surface area contributed by atoms with Gasteiger partial charge in [-0.2, -0.15) is 0 Å². The Hall–Kier alpha value is -6.10. The zero-order chi connectivity index (χ0) is 58.0. The molecule has 4 atom stereocenters. The summed E-state index contributed by atoms with van der Waals surface area (Å²) in [5.74, 6) is -1.60. The van der Waals surface area contributed by atoms with Crippen LogP contribution in [-0.2, 0) is 47.5 Å². The first-order valence-electron chi connectivity index (χ1n) is 24.5. The Kier molecular flexibility index (Phi) is 22.2. The zero-order valence-electron chi connectivity index (χ0n) is 48.5. The first-order valence-corrected chi connectivity index (χ1v) is 24.5. The van der Waals surface area contributed by atoms with Gasteiger partial charge in [-0.1, -0.05) is 0 Å². The molecule has 24 nitrogen and oxygen atoms in total. The van der Waals surface area contributed by atoms with Gasteiger partial charge in [-0.3, -0.25) is 20.6 Å². The SMILES string of the molecule is CC(C)(C)OC(=O)NC1=NCC(C[C@H](NC(=O)OC(C)(C)C)C(=O)OC(C)(C)C)N1C(=O)OC(C)(C)C.CC(C)(C)OC(=O)NC1=NCC(C[C@H](NC(=O)OC(C)(C)C)C(=O)OC(C)(C)C)N1C(=O)OC(C)(C)C. The van der Waals surface area contributed by atoms with Gasteiger partial charge in [-0.05, 0) is 166 Å². The lowest BCUT2D eigenvalue weighted by molar-refractivity contribution is -0.158. The Balaban J connectivity index is 0.000000740. The largest absolute Gasteiger partial charge is 0.458 e. The van der Waals surface area contributed by atoms with Crippen molar-refractivity contribution in [2.24, 2.45) is 9.98 Å². The average Bonchev–Trinajstić information content (AvgIpc) is 3.67. The molecule has 0 aromatic carbocycles. The topological polar surface area (TPSA) is 290 Å². The number of aliphatic imine (C=N–C) groups is 2. The second-order valence-electron chi connectivity index (χ2n) is 25.5. The van der Waals surface area contributed by atoms with Crippen molar-refractivity contribution in [3.8, 4) is 0 Å². The van der Waals surface area contributed by atoms with E-state index in [2.05, 4.69) is 31.3 Å². The van der Waals surface area contributed by atoms with E-state index in [4.69, 9.17) is 37.9 Å². The minimum Gasteiger partial charge on any atom is -0.458 e. The van der Waals surface area contributed by atoms with E-state index in [1.807, 2.05) is 0 Å². The molecule has 0 aromatic rings. The summed E-state index contributed by atoms with van der Waals surface area (Å²) in [6.07, 6.45) is -5.01. The van der Waals surface area contributed by atoms with Crippen LogP contribution in [0.1, 0.15) is 179 Å². The molecule has 74 heavy (non-hydrogen) atoms. The number of hydrogen-bond acceptors (Lipinski definition) is 18. The van der Waals surface area contributed by atoms with Crippen LogP contribution in [0.25, 0.3) is 0 Å². The predicted octanol–water partition coefficient (Wildman–Crippen LogP) is 8.22. The maximum Gasteiger partial charge on any atom is 0.417 e.